The average Bonchev–Trinajstić information content (AvgIpc) is 2.50. The molecule has 2 rings (SSSR count). The molecule has 5 nitrogen and oxygen atoms in total. The molecule has 1 aromatic rings. The molecule has 0 saturated carbocycles. The maximum absolute atomic E-state index is 6.04. The molecule has 0 aromatic heterocycles. The van der Waals surface area contributed by atoms with E-state index in [1.807, 2.05) is 12.1 Å². The molecule has 0 saturated heterocycles. The van der Waals surface area contributed by atoms with E-state index in [0.717, 1.165) is 11.3 Å². The van der Waals surface area contributed by atoms with Crippen molar-refractivity contribution in [3.63, 3.8) is 0 Å². The van der Waals surface area contributed by atoms with Gasteiger partial charge in [0.05, 0.1) is 25.4 Å². The third kappa shape index (κ3) is 3.37. The van der Waals surface area contributed by atoms with Crippen LogP contribution in [0.3, 0.4) is 0 Å². The second kappa shape index (κ2) is 7.22. The van der Waals surface area contributed by atoms with Crippen LogP contribution in [0.2, 0.25) is 0 Å². The smallest absolute Gasteiger partial charge is 0.169 e. The number of benzene rings is 1. The topological polar surface area (TPSA) is 49.0 Å². The lowest BCUT2D eigenvalue weighted by molar-refractivity contribution is -0.105. The summed E-state index contributed by atoms with van der Waals surface area (Å²) in [5, 5.41) is 3.47. The van der Waals surface area contributed by atoms with Gasteiger partial charge in [0.15, 0.2) is 6.29 Å². The van der Waals surface area contributed by atoms with Crippen LogP contribution in [0.1, 0.15) is 37.1 Å². The monoisotopic (exact) mass is 295 g/mol. The zero-order valence-corrected chi connectivity index (χ0v) is 13.4. The zero-order chi connectivity index (χ0) is 15.4. The van der Waals surface area contributed by atoms with Crippen LogP contribution in [0.4, 0.5) is 0 Å². The molecule has 1 heterocycles. The van der Waals surface area contributed by atoms with Crippen molar-refractivity contribution in [2.45, 2.75) is 38.4 Å². The maximum Gasteiger partial charge on any atom is 0.169 e. The molecule has 0 aliphatic carbocycles. The lowest BCUT2D eigenvalue weighted by Crippen LogP contribution is -2.41. The van der Waals surface area contributed by atoms with Gasteiger partial charge in [0, 0.05) is 26.3 Å². The summed E-state index contributed by atoms with van der Waals surface area (Å²) in [4.78, 5) is 0. The lowest BCUT2D eigenvalue weighted by atomic mass is 9.90. The number of rotatable bonds is 6. The van der Waals surface area contributed by atoms with Crippen molar-refractivity contribution in [3.8, 4) is 5.75 Å². The van der Waals surface area contributed by atoms with Gasteiger partial charge in [-0.25, -0.2) is 0 Å². The van der Waals surface area contributed by atoms with Gasteiger partial charge in [0.1, 0.15) is 5.75 Å². The van der Waals surface area contributed by atoms with Crippen molar-refractivity contribution in [3.05, 3.63) is 29.3 Å². The lowest BCUT2D eigenvalue weighted by Gasteiger charge is -2.37. The molecule has 3 atom stereocenters. The molecular weight excluding hydrogens is 270 g/mol. The molecule has 0 spiro atoms. The highest BCUT2D eigenvalue weighted by Gasteiger charge is 2.33. The molecule has 5 heteroatoms. The Morgan fingerprint density at radius 2 is 1.90 bits per heavy atom. The van der Waals surface area contributed by atoms with Gasteiger partial charge in [0.25, 0.3) is 0 Å². The van der Waals surface area contributed by atoms with Crippen molar-refractivity contribution < 1.29 is 18.9 Å². The number of hydrogen-bond acceptors (Lipinski definition) is 5. The number of methoxy groups -OCH3 is 3. The van der Waals surface area contributed by atoms with Crippen LogP contribution in [0, 0.1) is 0 Å². The average molecular weight is 295 g/mol. The largest absolute Gasteiger partial charge is 0.496 e. The van der Waals surface area contributed by atoms with Crippen molar-refractivity contribution in [2.75, 3.05) is 27.9 Å². The summed E-state index contributed by atoms with van der Waals surface area (Å²) in [6.07, 6.45) is -0.190. The van der Waals surface area contributed by atoms with Crippen LogP contribution < -0.4 is 10.1 Å². The predicted octanol–water partition coefficient (Wildman–Crippen LogP) is 2.42. The van der Waals surface area contributed by atoms with Crippen LogP contribution in [-0.4, -0.2) is 40.3 Å². The highest BCUT2D eigenvalue weighted by Crippen LogP contribution is 2.41. The van der Waals surface area contributed by atoms with E-state index in [2.05, 4.69) is 25.2 Å². The van der Waals surface area contributed by atoms with E-state index >= 15 is 0 Å². The fourth-order valence-corrected chi connectivity index (χ4v) is 2.93. The molecule has 1 N–H and O–H groups in total. The first kappa shape index (κ1) is 16.2. The van der Waals surface area contributed by atoms with Crippen LogP contribution in [0.15, 0.2) is 18.2 Å². The first-order valence-electron chi connectivity index (χ1n) is 7.23. The van der Waals surface area contributed by atoms with Gasteiger partial charge < -0.3 is 24.3 Å². The summed E-state index contributed by atoms with van der Waals surface area (Å²) in [5.74, 6) is 0.869. The fourth-order valence-electron chi connectivity index (χ4n) is 2.93. The van der Waals surface area contributed by atoms with Crippen molar-refractivity contribution >= 4 is 0 Å². The summed E-state index contributed by atoms with van der Waals surface area (Å²) in [7, 11) is 4.96. The molecule has 0 fully saturated rings. The minimum Gasteiger partial charge on any atom is -0.496 e. The zero-order valence-electron chi connectivity index (χ0n) is 13.4. The number of fused-ring (bicyclic) bond motifs is 1. The highest BCUT2D eigenvalue weighted by atomic mass is 16.7. The van der Waals surface area contributed by atoms with E-state index < -0.39 is 0 Å². The SMILES string of the molecule is COc1cccc2c1[C@H](C)O[C@@H](C)[C@H]2NCC(OC)OC. The van der Waals surface area contributed by atoms with Crippen LogP contribution in [-0.2, 0) is 14.2 Å². The Kier molecular flexibility index (Phi) is 5.58. The van der Waals surface area contributed by atoms with Crippen molar-refractivity contribution in [1.29, 1.82) is 0 Å². The van der Waals surface area contributed by atoms with Gasteiger partial charge in [-0.1, -0.05) is 12.1 Å². The van der Waals surface area contributed by atoms with E-state index in [1.165, 1.54) is 5.56 Å². The Morgan fingerprint density at radius 3 is 2.52 bits per heavy atom. The molecule has 118 valence electrons. The third-order valence-electron chi connectivity index (χ3n) is 3.98. The molecule has 1 aliphatic rings. The van der Waals surface area contributed by atoms with E-state index in [4.69, 9.17) is 18.9 Å². The van der Waals surface area contributed by atoms with Gasteiger partial charge in [-0.3, -0.25) is 0 Å². The normalized spacial score (nSPS) is 25.0. The van der Waals surface area contributed by atoms with Gasteiger partial charge in [0.2, 0.25) is 0 Å². The summed E-state index contributed by atoms with van der Waals surface area (Å²) >= 11 is 0. The molecule has 1 aliphatic heterocycles. The van der Waals surface area contributed by atoms with E-state index in [9.17, 15) is 0 Å². The number of nitrogens with one attached hydrogen (secondary N) is 1. The molecule has 21 heavy (non-hydrogen) atoms. The number of hydrogen-bond donors (Lipinski definition) is 1. The Hall–Kier alpha value is -1.14. The Morgan fingerprint density at radius 1 is 1.19 bits per heavy atom. The first-order valence-corrected chi connectivity index (χ1v) is 7.23. The van der Waals surface area contributed by atoms with Gasteiger partial charge >= 0.3 is 0 Å². The summed E-state index contributed by atoms with van der Waals surface area (Å²) in [5.41, 5.74) is 2.33. The highest BCUT2D eigenvalue weighted by molar-refractivity contribution is 5.45. The second-order valence-corrected chi connectivity index (χ2v) is 5.23. The van der Waals surface area contributed by atoms with Crippen LogP contribution >= 0.6 is 0 Å². The quantitative estimate of drug-likeness (QED) is 0.817. The summed E-state index contributed by atoms with van der Waals surface area (Å²) < 4.78 is 22.0. The van der Waals surface area contributed by atoms with Gasteiger partial charge in [-0.2, -0.15) is 0 Å². The standard InChI is InChI=1S/C16H25NO4/c1-10-15-12(7-6-8-13(15)18-3)16(11(2)21-10)17-9-14(19-4)20-5/h6-8,10-11,14,16-17H,9H2,1-5H3/t10-,11-,16+/m0/s1. The first-order chi connectivity index (χ1) is 10.1. The Bertz CT molecular complexity index is 462. The molecule has 0 unspecified atom stereocenters. The van der Waals surface area contributed by atoms with Crippen molar-refractivity contribution in [2.24, 2.45) is 0 Å². The number of ether oxygens (including phenoxy) is 4. The van der Waals surface area contributed by atoms with E-state index in [0.29, 0.717) is 6.54 Å². The van der Waals surface area contributed by atoms with E-state index in [-0.39, 0.29) is 24.5 Å². The maximum atomic E-state index is 6.04. The Labute approximate surface area is 126 Å². The van der Waals surface area contributed by atoms with E-state index in [1.54, 1.807) is 21.3 Å². The van der Waals surface area contributed by atoms with Crippen LogP contribution in [0.25, 0.3) is 0 Å². The molecule has 1 aromatic carbocycles. The second-order valence-electron chi connectivity index (χ2n) is 5.23. The minimum atomic E-state index is -0.273. The summed E-state index contributed by atoms with van der Waals surface area (Å²) in [6.45, 7) is 4.72. The molecule has 0 bridgehead atoms. The molecule has 0 radical (unpaired) electrons. The third-order valence-corrected chi connectivity index (χ3v) is 3.98. The van der Waals surface area contributed by atoms with Gasteiger partial charge in [-0.15, -0.1) is 0 Å². The Balaban J connectivity index is 2.25. The van der Waals surface area contributed by atoms with Crippen molar-refractivity contribution in [1.82, 2.24) is 5.32 Å². The van der Waals surface area contributed by atoms with Gasteiger partial charge in [-0.05, 0) is 25.5 Å². The molecular formula is C16H25NO4. The fraction of sp³-hybridized carbons (Fsp3) is 0.625. The molecule has 0 amide bonds. The summed E-state index contributed by atoms with van der Waals surface area (Å²) in [6, 6.07) is 6.19. The van der Waals surface area contributed by atoms with Crippen LogP contribution in [0.5, 0.6) is 5.75 Å². The minimum absolute atomic E-state index is 0.0184. The predicted molar refractivity (Wildman–Crippen MR) is 80.5 cm³/mol.